The van der Waals surface area contributed by atoms with E-state index < -0.39 is 43.0 Å². The zero-order chi connectivity index (χ0) is 28.7. The number of H-pyrrole nitrogens is 1. The van der Waals surface area contributed by atoms with E-state index in [0.29, 0.717) is 11.5 Å². The SMILES string of the molecule is COc1cc(CN(CCN(CC(=O)O)CC(=O)O)CC(=O)O)cc(OC)c1.NC(Cc1cnc[nH]1)C(=O)O. The number of aliphatic carboxylic acids is 4. The molecule has 2 aromatic rings. The van der Waals surface area contributed by atoms with E-state index in [1.807, 2.05) is 0 Å². The lowest BCUT2D eigenvalue weighted by Gasteiger charge is -2.25. The van der Waals surface area contributed by atoms with E-state index in [0.717, 1.165) is 11.3 Å². The zero-order valence-electron chi connectivity index (χ0n) is 21.1. The van der Waals surface area contributed by atoms with Gasteiger partial charge in [0.15, 0.2) is 0 Å². The third-order valence-corrected chi connectivity index (χ3v) is 4.94. The van der Waals surface area contributed by atoms with Crippen molar-refractivity contribution >= 4 is 23.9 Å². The summed E-state index contributed by atoms with van der Waals surface area (Å²) in [6.45, 7) is -0.666. The van der Waals surface area contributed by atoms with Crippen LogP contribution >= 0.6 is 0 Å². The number of benzene rings is 1. The van der Waals surface area contributed by atoms with E-state index in [4.69, 9.17) is 35.6 Å². The van der Waals surface area contributed by atoms with Crippen LogP contribution < -0.4 is 15.2 Å². The van der Waals surface area contributed by atoms with Gasteiger partial charge in [0.2, 0.25) is 0 Å². The van der Waals surface area contributed by atoms with Crippen molar-refractivity contribution in [1.82, 2.24) is 19.8 Å². The highest BCUT2D eigenvalue weighted by atomic mass is 16.5. The summed E-state index contributed by atoms with van der Waals surface area (Å²) in [4.78, 5) is 52.5. The molecule has 0 aliphatic heterocycles. The number of hydrogen-bond acceptors (Lipinski definition) is 10. The van der Waals surface area contributed by atoms with Crippen molar-refractivity contribution < 1.29 is 49.1 Å². The van der Waals surface area contributed by atoms with Crippen molar-refractivity contribution in [3.8, 4) is 11.5 Å². The van der Waals surface area contributed by atoms with Crippen molar-refractivity contribution in [2.24, 2.45) is 5.73 Å². The third kappa shape index (κ3) is 13.2. The summed E-state index contributed by atoms with van der Waals surface area (Å²) in [7, 11) is 3.01. The number of hydrogen-bond donors (Lipinski definition) is 6. The maximum absolute atomic E-state index is 11.2. The van der Waals surface area contributed by atoms with Crippen LogP contribution in [0.4, 0.5) is 0 Å². The van der Waals surface area contributed by atoms with Crippen molar-refractivity contribution in [3.05, 3.63) is 42.0 Å². The third-order valence-electron chi connectivity index (χ3n) is 4.94. The predicted molar refractivity (Wildman–Crippen MR) is 132 cm³/mol. The van der Waals surface area contributed by atoms with Crippen LogP contribution in [0.15, 0.2) is 30.7 Å². The highest BCUT2D eigenvalue weighted by molar-refractivity contribution is 5.73. The van der Waals surface area contributed by atoms with Crippen LogP contribution in [0.2, 0.25) is 0 Å². The molecule has 0 saturated carbocycles. The zero-order valence-corrected chi connectivity index (χ0v) is 21.1. The Balaban J connectivity index is 0.000000544. The second-order valence-corrected chi connectivity index (χ2v) is 8.05. The Hall–Kier alpha value is -4.21. The average Bonchev–Trinajstić information content (AvgIpc) is 3.34. The van der Waals surface area contributed by atoms with Crippen LogP contribution in [0.5, 0.6) is 11.5 Å². The Morgan fingerprint density at radius 3 is 1.82 bits per heavy atom. The van der Waals surface area contributed by atoms with Gasteiger partial charge in [-0.2, -0.15) is 0 Å². The first-order valence-electron chi connectivity index (χ1n) is 11.2. The monoisotopic (exact) mass is 539 g/mol. The van der Waals surface area contributed by atoms with Gasteiger partial charge in [-0.3, -0.25) is 29.0 Å². The molecule has 2 rings (SSSR count). The molecule has 1 atom stereocenters. The highest BCUT2D eigenvalue weighted by Crippen LogP contribution is 2.23. The van der Waals surface area contributed by atoms with Crippen LogP contribution in [-0.4, -0.2) is 117 Å². The molecule has 210 valence electrons. The van der Waals surface area contributed by atoms with E-state index >= 15 is 0 Å². The number of ether oxygens (including phenoxy) is 2. The van der Waals surface area contributed by atoms with Crippen molar-refractivity contribution in [1.29, 1.82) is 0 Å². The standard InChI is InChI=1S/C17H24N2O8.C6H9N3O2/c1-26-13-5-12(6-14(7-13)27-2)8-18(9-15(20)21)3-4-19(10-16(22)23)11-17(24)25;7-5(6(10)11)1-4-2-8-3-9-4/h5-7H,3-4,8-11H2,1-2H3,(H,20,21)(H,22,23)(H,24,25);2-3,5H,1,7H2,(H,8,9)(H,10,11). The molecule has 38 heavy (non-hydrogen) atoms. The van der Waals surface area contributed by atoms with E-state index in [1.165, 1.54) is 25.4 Å². The summed E-state index contributed by atoms with van der Waals surface area (Å²) >= 11 is 0. The Morgan fingerprint density at radius 1 is 0.895 bits per heavy atom. The molecule has 1 aromatic carbocycles. The highest BCUT2D eigenvalue weighted by Gasteiger charge is 2.17. The predicted octanol–water partition coefficient (Wildman–Crippen LogP) is -0.574. The molecule has 0 aliphatic rings. The van der Waals surface area contributed by atoms with Gasteiger partial charge >= 0.3 is 23.9 Å². The molecule has 1 aromatic heterocycles. The van der Waals surface area contributed by atoms with Crippen LogP contribution in [-0.2, 0) is 32.1 Å². The summed E-state index contributed by atoms with van der Waals surface area (Å²) in [5.41, 5.74) is 6.74. The molecule has 0 spiro atoms. The summed E-state index contributed by atoms with van der Waals surface area (Å²) in [6.07, 6.45) is 3.34. The first-order valence-corrected chi connectivity index (χ1v) is 11.2. The fraction of sp³-hybridized carbons (Fsp3) is 0.435. The number of methoxy groups -OCH3 is 2. The Morgan fingerprint density at radius 2 is 1.39 bits per heavy atom. The number of imidazole rings is 1. The number of carboxylic acid groups (broad SMARTS) is 4. The van der Waals surface area contributed by atoms with Gasteiger partial charge in [-0.1, -0.05) is 0 Å². The molecule has 1 unspecified atom stereocenters. The molecular weight excluding hydrogens is 506 g/mol. The number of rotatable bonds is 16. The Bertz CT molecular complexity index is 1010. The molecule has 0 aliphatic carbocycles. The van der Waals surface area contributed by atoms with Gasteiger partial charge < -0.3 is 40.6 Å². The van der Waals surface area contributed by atoms with E-state index in [-0.39, 0.29) is 32.6 Å². The van der Waals surface area contributed by atoms with E-state index in [1.54, 1.807) is 29.3 Å². The fourth-order valence-corrected chi connectivity index (χ4v) is 3.22. The van der Waals surface area contributed by atoms with Gasteiger partial charge in [-0.15, -0.1) is 0 Å². The lowest BCUT2D eigenvalue weighted by molar-refractivity contribution is -0.143. The van der Waals surface area contributed by atoms with Crippen LogP contribution in [0, 0.1) is 0 Å². The number of nitrogens with two attached hydrogens (primary N) is 1. The smallest absolute Gasteiger partial charge is 0.320 e. The molecule has 0 fully saturated rings. The number of aromatic nitrogens is 2. The minimum Gasteiger partial charge on any atom is -0.497 e. The Kier molecular flexibility index (Phi) is 13.8. The Labute approximate surface area is 218 Å². The molecule has 0 saturated heterocycles. The van der Waals surface area contributed by atoms with Gasteiger partial charge in [0.25, 0.3) is 0 Å². The second kappa shape index (κ2) is 16.5. The molecule has 15 heteroatoms. The van der Waals surface area contributed by atoms with Gasteiger partial charge in [0.1, 0.15) is 17.5 Å². The van der Waals surface area contributed by atoms with Gasteiger partial charge in [-0.05, 0) is 17.7 Å². The number of carbonyl (C=O) groups is 4. The van der Waals surface area contributed by atoms with Crippen LogP contribution in [0.3, 0.4) is 0 Å². The lowest BCUT2D eigenvalue weighted by Crippen LogP contribution is -2.41. The largest absolute Gasteiger partial charge is 0.497 e. The van der Waals surface area contributed by atoms with Crippen molar-refractivity contribution in [3.63, 3.8) is 0 Å². The molecular formula is C23H33N5O10. The minimum atomic E-state index is -1.15. The molecule has 0 bridgehead atoms. The normalized spacial score (nSPS) is 11.4. The quantitative estimate of drug-likeness (QED) is 0.157. The summed E-state index contributed by atoms with van der Waals surface area (Å²) in [5.74, 6) is -3.25. The topological polar surface area (TPSA) is 229 Å². The first-order chi connectivity index (χ1) is 17.9. The molecule has 15 nitrogen and oxygen atoms in total. The number of nitrogens with one attached hydrogen (secondary N) is 1. The lowest BCUT2D eigenvalue weighted by atomic mass is 10.2. The van der Waals surface area contributed by atoms with Gasteiger partial charge in [0.05, 0.1) is 40.2 Å². The maximum atomic E-state index is 11.2. The second-order valence-electron chi connectivity index (χ2n) is 8.05. The van der Waals surface area contributed by atoms with Crippen LogP contribution in [0.25, 0.3) is 0 Å². The molecule has 7 N–H and O–H groups in total. The van der Waals surface area contributed by atoms with E-state index in [2.05, 4.69) is 9.97 Å². The molecule has 0 amide bonds. The first kappa shape index (κ1) is 31.8. The number of nitrogens with zero attached hydrogens (tertiary/aromatic N) is 3. The number of carboxylic acids is 4. The van der Waals surface area contributed by atoms with Crippen molar-refractivity contribution in [2.45, 2.75) is 19.0 Å². The van der Waals surface area contributed by atoms with Gasteiger partial charge in [-0.25, -0.2) is 4.98 Å². The average molecular weight is 540 g/mol. The minimum absolute atomic E-state index is 0.0903. The summed E-state index contributed by atoms with van der Waals surface area (Å²) in [5, 5.41) is 35.3. The summed E-state index contributed by atoms with van der Waals surface area (Å²) in [6, 6.07) is 4.31. The summed E-state index contributed by atoms with van der Waals surface area (Å²) < 4.78 is 10.4. The van der Waals surface area contributed by atoms with E-state index in [9.17, 15) is 19.2 Å². The fourth-order valence-electron chi connectivity index (χ4n) is 3.22. The van der Waals surface area contributed by atoms with Crippen LogP contribution in [0.1, 0.15) is 11.3 Å². The molecule has 0 radical (unpaired) electrons. The number of aromatic amines is 1. The maximum Gasteiger partial charge on any atom is 0.320 e. The van der Waals surface area contributed by atoms with Crippen molar-refractivity contribution in [2.75, 3.05) is 46.9 Å². The van der Waals surface area contributed by atoms with Gasteiger partial charge in [0, 0.05) is 44.0 Å². The molecule has 1 heterocycles.